The molecule has 0 saturated carbocycles. The monoisotopic (exact) mass is 471 g/mol. The lowest BCUT2D eigenvalue weighted by molar-refractivity contribution is -0.129. The van der Waals surface area contributed by atoms with Crippen LogP contribution in [0.3, 0.4) is 0 Å². The number of allylic oxidation sites excluding steroid dienone is 10. The van der Waals surface area contributed by atoms with Gasteiger partial charge in [-0.1, -0.05) is 61.4 Å². The minimum atomic E-state index is -0.375. The minimum absolute atomic E-state index is 0.0905. The van der Waals surface area contributed by atoms with Gasteiger partial charge in [0, 0.05) is 17.3 Å². The molecule has 0 atom stereocenters. The maximum Gasteiger partial charge on any atom is 0.336 e. The molecule has 0 spiro atoms. The average Bonchev–Trinajstić information content (AvgIpc) is 2.72. The summed E-state index contributed by atoms with van der Waals surface area (Å²) in [7, 11) is 0. The third kappa shape index (κ3) is 7.21. The van der Waals surface area contributed by atoms with Gasteiger partial charge in [-0.25, -0.2) is 4.79 Å². The fraction of sp³-hybridized carbons (Fsp3) is 0.406. The van der Waals surface area contributed by atoms with E-state index in [0.717, 1.165) is 16.8 Å². The smallest absolute Gasteiger partial charge is 0.336 e. The number of ether oxygens (including phenoxy) is 1. The first-order valence-corrected chi connectivity index (χ1v) is 12.6. The van der Waals surface area contributed by atoms with Crippen LogP contribution in [0.2, 0.25) is 0 Å². The summed E-state index contributed by atoms with van der Waals surface area (Å²) in [5, 5.41) is 3.49. The van der Waals surface area contributed by atoms with E-state index in [0.29, 0.717) is 5.75 Å². The number of rotatable bonds is 6. The van der Waals surface area contributed by atoms with Gasteiger partial charge >= 0.3 is 5.97 Å². The summed E-state index contributed by atoms with van der Waals surface area (Å²) in [5.41, 5.74) is 8.42. The summed E-state index contributed by atoms with van der Waals surface area (Å²) in [6.45, 7) is 17.3. The predicted octanol–water partition coefficient (Wildman–Crippen LogP) is 8.73. The van der Waals surface area contributed by atoms with E-state index < -0.39 is 0 Å². The number of hydrogen-bond donors (Lipinski definition) is 1. The van der Waals surface area contributed by atoms with Crippen LogP contribution < -0.4 is 10.1 Å². The first-order chi connectivity index (χ1) is 16.4. The van der Waals surface area contributed by atoms with Gasteiger partial charge in [-0.15, -0.1) is 0 Å². The standard InChI is InChI=1S/C32H41NO2/c1-22(14-16-28-24(3)13-10-18-31(28,5)6)11-9-12-23(2)19-30(34)35-26-15-17-29-27(20-26)25(4)21-32(7,8)33-29/h9,11-12,14-17,19-21,33H,10,13,18H2,1-8H3/b12-9-,16-14-,22-11-,23-19-. The Hall–Kier alpha value is -3.07. The fourth-order valence-corrected chi connectivity index (χ4v) is 5.04. The normalized spacial score (nSPS) is 20.1. The van der Waals surface area contributed by atoms with Gasteiger partial charge in [0.05, 0.1) is 5.54 Å². The summed E-state index contributed by atoms with van der Waals surface area (Å²) in [6.07, 6.45) is 17.9. The lowest BCUT2D eigenvalue weighted by atomic mass is 9.72. The Kier molecular flexibility index (Phi) is 8.10. The van der Waals surface area contributed by atoms with Gasteiger partial charge in [-0.2, -0.15) is 0 Å². The number of benzene rings is 1. The van der Waals surface area contributed by atoms with Crippen molar-refractivity contribution in [3.8, 4) is 5.75 Å². The summed E-state index contributed by atoms with van der Waals surface area (Å²) >= 11 is 0. The molecular formula is C32H41NO2. The Morgan fingerprint density at radius 3 is 2.51 bits per heavy atom. The molecule has 1 aromatic carbocycles. The molecule has 0 aromatic heterocycles. The van der Waals surface area contributed by atoms with Crippen LogP contribution in [0.5, 0.6) is 5.75 Å². The lowest BCUT2D eigenvalue weighted by Gasteiger charge is -2.32. The van der Waals surface area contributed by atoms with E-state index in [-0.39, 0.29) is 16.9 Å². The van der Waals surface area contributed by atoms with E-state index in [1.165, 1.54) is 47.6 Å². The van der Waals surface area contributed by atoms with Crippen LogP contribution >= 0.6 is 0 Å². The molecule has 3 heteroatoms. The fourth-order valence-electron chi connectivity index (χ4n) is 5.04. The largest absolute Gasteiger partial charge is 0.423 e. The molecule has 0 radical (unpaired) electrons. The molecule has 3 rings (SSSR count). The molecule has 1 heterocycles. The molecule has 186 valence electrons. The Morgan fingerprint density at radius 2 is 1.80 bits per heavy atom. The van der Waals surface area contributed by atoms with Gasteiger partial charge in [0.25, 0.3) is 0 Å². The van der Waals surface area contributed by atoms with Crippen molar-refractivity contribution in [2.75, 3.05) is 5.32 Å². The highest BCUT2D eigenvalue weighted by atomic mass is 16.5. The van der Waals surface area contributed by atoms with Crippen LogP contribution in [-0.2, 0) is 4.79 Å². The zero-order chi connectivity index (χ0) is 25.8. The van der Waals surface area contributed by atoms with Gasteiger partial charge in [0.1, 0.15) is 5.75 Å². The summed E-state index contributed by atoms with van der Waals surface area (Å²) in [4.78, 5) is 12.4. The zero-order valence-corrected chi connectivity index (χ0v) is 22.7. The second-order valence-electron chi connectivity index (χ2n) is 11.2. The van der Waals surface area contributed by atoms with Crippen molar-refractivity contribution in [3.05, 3.63) is 88.6 Å². The molecule has 0 saturated heterocycles. The van der Waals surface area contributed by atoms with E-state index in [1.807, 2.05) is 37.3 Å². The molecule has 35 heavy (non-hydrogen) atoms. The van der Waals surface area contributed by atoms with E-state index in [9.17, 15) is 4.79 Å². The number of fused-ring (bicyclic) bond motifs is 1. The maximum absolute atomic E-state index is 12.4. The minimum Gasteiger partial charge on any atom is -0.423 e. The van der Waals surface area contributed by atoms with E-state index >= 15 is 0 Å². The van der Waals surface area contributed by atoms with Crippen molar-refractivity contribution in [3.63, 3.8) is 0 Å². The van der Waals surface area contributed by atoms with Crippen LogP contribution in [-0.4, -0.2) is 11.5 Å². The molecule has 0 amide bonds. The molecule has 0 unspecified atom stereocenters. The predicted molar refractivity (Wildman–Crippen MR) is 150 cm³/mol. The van der Waals surface area contributed by atoms with Crippen molar-refractivity contribution >= 4 is 17.2 Å². The van der Waals surface area contributed by atoms with E-state index in [2.05, 4.69) is 78.1 Å². The topological polar surface area (TPSA) is 38.3 Å². The average molecular weight is 472 g/mol. The molecule has 2 aliphatic rings. The molecule has 1 aromatic rings. The molecule has 1 N–H and O–H groups in total. The van der Waals surface area contributed by atoms with Crippen LogP contribution in [0.1, 0.15) is 80.2 Å². The third-order valence-corrected chi connectivity index (χ3v) is 6.79. The Labute approximate surface area is 212 Å². The Bertz CT molecular complexity index is 1170. The van der Waals surface area contributed by atoms with Gasteiger partial charge in [0.15, 0.2) is 0 Å². The molecular weight excluding hydrogens is 430 g/mol. The van der Waals surface area contributed by atoms with Crippen molar-refractivity contribution < 1.29 is 9.53 Å². The quantitative estimate of drug-likeness (QED) is 0.195. The zero-order valence-electron chi connectivity index (χ0n) is 22.7. The van der Waals surface area contributed by atoms with Crippen LogP contribution in [0.15, 0.2) is 83.0 Å². The summed E-state index contributed by atoms with van der Waals surface area (Å²) in [5.74, 6) is 0.174. The van der Waals surface area contributed by atoms with Crippen molar-refractivity contribution in [2.45, 2.75) is 80.2 Å². The molecule has 0 fully saturated rings. The van der Waals surface area contributed by atoms with Gasteiger partial charge in [-0.3, -0.25) is 0 Å². The van der Waals surface area contributed by atoms with E-state index in [1.54, 1.807) is 0 Å². The van der Waals surface area contributed by atoms with E-state index in [4.69, 9.17) is 4.74 Å². The van der Waals surface area contributed by atoms with Crippen molar-refractivity contribution in [1.82, 2.24) is 0 Å². The highest BCUT2D eigenvalue weighted by molar-refractivity contribution is 5.86. The highest BCUT2D eigenvalue weighted by Gasteiger charge is 2.26. The number of hydrogen-bond acceptors (Lipinski definition) is 3. The number of anilines is 1. The SMILES string of the molecule is CC1=CC(C)(C)Nc2ccc(OC(=O)\C=C(C)/C=C\C=C(C)/C=C\C3=C(C)CCCC3(C)C)cc21. The first kappa shape index (κ1) is 26.5. The van der Waals surface area contributed by atoms with Gasteiger partial charge in [0.2, 0.25) is 0 Å². The second kappa shape index (κ2) is 10.7. The number of carbonyl (C=O) groups is 1. The number of carbonyl (C=O) groups excluding carboxylic acids is 1. The molecule has 0 bridgehead atoms. The summed E-state index contributed by atoms with van der Waals surface area (Å²) in [6, 6.07) is 5.73. The Balaban J connectivity index is 1.61. The van der Waals surface area contributed by atoms with Gasteiger partial charge < -0.3 is 10.1 Å². The second-order valence-corrected chi connectivity index (χ2v) is 11.2. The molecule has 3 nitrogen and oxygen atoms in total. The number of esters is 1. The van der Waals surface area contributed by atoms with Crippen LogP contribution in [0.4, 0.5) is 5.69 Å². The highest BCUT2D eigenvalue weighted by Crippen LogP contribution is 2.41. The Morgan fingerprint density at radius 1 is 1.06 bits per heavy atom. The molecule has 1 aliphatic heterocycles. The van der Waals surface area contributed by atoms with Crippen molar-refractivity contribution in [2.24, 2.45) is 5.41 Å². The first-order valence-electron chi connectivity index (χ1n) is 12.6. The number of nitrogens with one attached hydrogen (secondary N) is 1. The lowest BCUT2D eigenvalue weighted by Crippen LogP contribution is -2.31. The van der Waals surface area contributed by atoms with Crippen molar-refractivity contribution in [1.29, 1.82) is 0 Å². The maximum atomic E-state index is 12.4. The van der Waals surface area contributed by atoms with Crippen LogP contribution in [0, 0.1) is 5.41 Å². The molecule has 1 aliphatic carbocycles. The third-order valence-electron chi connectivity index (χ3n) is 6.79. The van der Waals surface area contributed by atoms with Gasteiger partial charge in [-0.05, 0) is 101 Å². The summed E-state index contributed by atoms with van der Waals surface area (Å²) < 4.78 is 5.58. The van der Waals surface area contributed by atoms with Crippen LogP contribution in [0.25, 0.3) is 5.57 Å².